The van der Waals surface area contributed by atoms with Gasteiger partial charge >= 0.3 is 0 Å². The van der Waals surface area contributed by atoms with E-state index in [-0.39, 0.29) is 5.82 Å². The molecule has 5 rings (SSSR count). The van der Waals surface area contributed by atoms with Crippen LogP contribution in [-0.4, -0.2) is 88.8 Å². The molecule has 0 radical (unpaired) electrons. The molecule has 3 fully saturated rings. The van der Waals surface area contributed by atoms with Crippen molar-refractivity contribution < 1.29 is 13.9 Å². The number of ether oxygens (including phenoxy) is 2. The number of hydrogen-bond donors (Lipinski definition) is 0. The maximum atomic E-state index is 15.6. The number of halogens is 1. The van der Waals surface area contributed by atoms with Gasteiger partial charge in [0.15, 0.2) is 11.6 Å². The fraction of sp³-hybridized carbons (Fsp3) is 0.565. The fourth-order valence-corrected chi connectivity index (χ4v) is 4.44. The molecule has 8 nitrogen and oxygen atoms in total. The molecule has 3 saturated heterocycles. The van der Waals surface area contributed by atoms with Crippen LogP contribution in [0.3, 0.4) is 0 Å². The normalized spacial score (nSPS) is 20.1. The molecule has 0 spiro atoms. The summed E-state index contributed by atoms with van der Waals surface area (Å²) in [6, 6.07) is 8.64. The van der Waals surface area contributed by atoms with Gasteiger partial charge < -0.3 is 29.1 Å². The number of benzene rings is 1. The molecule has 0 amide bonds. The fourth-order valence-electron chi connectivity index (χ4n) is 4.44. The number of piperazine rings is 1. The Morgan fingerprint density at radius 1 is 0.656 bits per heavy atom. The zero-order chi connectivity index (χ0) is 21.9. The molecular formula is C23H31FN6O2. The van der Waals surface area contributed by atoms with Crippen LogP contribution in [0.4, 0.5) is 27.7 Å². The first-order valence-corrected chi connectivity index (χ1v) is 11.5. The highest BCUT2D eigenvalue weighted by Gasteiger charge is 2.28. The first kappa shape index (κ1) is 21.2. The van der Waals surface area contributed by atoms with Crippen molar-refractivity contribution in [2.24, 2.45) is 0 Å². The Morgan fingerprint density at radius 3 is 1.62 bits per heavy atom. The quantitative estimate of drug-likeness (QED) is 0.712. The summed E-state index contributed by atoms with van der Waals surface area (Å²) in [4.78, 5) is 18.0. The Morgan fingerprint density at radius 2 is 1.12 bits per heavy atom. The SMILES string of the molecule is Cc1ccc(N2CCN(c3nc(N4CCOCC4)c(F)c(N4CCOCC4)n3)CC2)cc1. The summed E-state index contributed by atoms with van der Waals surface area (Å²) in [6.07, 6.45) is 0. The summed E-state index contributed by atoms with van der Waals surface area (Å²) in [5.74, 6) is 1.05. The van der Waals surface area contributed by atoms with E-state index in [4.69, 9.17) is 19.4 Å². The van der Waals surface area contributed by atoms with Crippen LogP contribution in [0.2, 0.25) is 0 Å². The van der Waals surface area contributed by atoms with E-state index < -0.39 is 0 Å². The number of anilines is 4. The molecule has 0 atom stereocenters. The largest absolute Gasteiger partial charge is 0.378 e. The first-order chi connectivity index (χ1) is 15.7. The minimum Gasteiger partial charge on any atom is -0.378 e. The molecular weight excluding hydrogens is 411 g/mol. The standard InChI is InChI=1S/C23H31FN6O2/c1-18-2-4-19(5-3-18)27-6-8-30(9-7-27)23-25-21(28-10-14-31-15-11-28)20(24)22(26-23)29-12-16-32-17-13-29/h2-5H,6-17H2,1H3. The average molecular weight is 443 g/mol. The summed E-state index contributed by atoms with van der Waals surface area (Å²) in [7, 11) is 0. The van der Waals surface area contributed by atoms with Gasteiger partial charge in [0, 0.05) is 58.0 Å². The van der Waals surface area contributed by atoms with Crippen LogP contribution >= 0.6 is 0 Å². The van der Waals surface area contributed by atoms with Crippen LogP contribution in [-0.2, 0) is 9.47 Å². The maximum Gasteiger partial charge on any atom is 0.229 e. The number of rotatable bonds is 4. The third-order valence-electron chi connectivity index (χ3n) is 6.39. The van der Waals surface area contributed by atoms with Gasteiger partial charge in [-0.25, -0.2) is 0 Å². The molecule has 0 saturated carbocycles. The molecule has 32 heavy (non-hydrogen) atoms. The molecule has 9 heteroatoms. The molecule has 4 heterocycles. The first-order valence-electron chi connectivity index (χ1n) is 11.5. The molecule has 3 aliphatic heterocycles. The zero-order valence-corrected chi connectivity index (χ0v) is 18.7. The Labute approximate surface area is 188 Å². The van der Waals surface area contributed by atoms with E-state index >= 15 is 4.39 Å². The van der Waals surface area contributed by atoms with Gasteiger partial charge in [0.2, 0.25) is 11.8 Å². The van der Waals surface area contributed by atoms with Gasteiger partial charge in [-0.15, -0.1) is 0 Å². The van der Waals surface area contributed by atoms with Crippen molar-refractivity contribution in [2.75, 3.05) is 98.4 Å². The second-order valence-electron chi connectivity index (χ2n) is 8.49. The van der Waals surface area contributed by atoms with E-state index in [1.54, 1.807) is 0 Å². The summed E-state index contributed by atoms with van der Waals surface area (Å²) >= 11 is 0. The number of morpholine rings is 2. The Bertz CT molecular complexity index is 868. The third-order valence-corrected chi connectivity index (χ3v) is 6.39. The number of hydrogen-bond acceptors (Lipinski definition) is 8. The summed E-state index contributed by atoms with van der Waals surface area (Å²) in [5.41, 5.74) is 2.50. The van der Waals surface area contributed by atoms with Crippen LogP contribution in [0.15, 0.2) is 24.3 Å². The lowest BCUT2D eigenvalue weighted by Gasteiger charge is -2.37. The van der Waals surface area contributed by atoms with Gasteiger partial charge in [0.25, 0.3) is 0 Å². The van der Waals surface area contributed by atoms with Crippen molar-refractivity contribution in [3.63, 3.8) is 0 Å². The number of aryl methyl sites for hydroxylation is 1. The van der Waals surface area contributed by atoms with E-state index in [9.17, 15) is 0 Å². The van der Waals surface area contributed by atoms with E-state index in [2.05, 4.69) is 41.0 Å². The lowest BCUT2D eigenvalue weighted by Crippen LogP contribution is -2.47. The summed E-state index contributed by atoms with van der Waals surface area (Å²) < 4.78 is 26.5. The zero-order valence-electron chi connectivity index (χ0n) is 18.7. The van der Waals surface area contributed by atoms with Crippen molar-refractivity contribution in [1.29, 1.82) is 0 Å². The minimum absolute atomic E-state index is 0.337. The number of nitrogens with zero attached hydrogens (tertiary/aromatic N) is 6. The van der Waals surface area contributed by atoms with Crippen LogP contribution in [0, 0.1) is 12.7 Å². The Balaban J connectivity index is 1.39. The average Bonchev–Trinajstić information content (AvgIpc) is 2.86. The van der Waals surface area contributed by atoms with Gasteiger partial charge in [-0.3, -0.25) is 0 Å². The van der Waals surface area contributed by atoms with E-state index in [1.807, 2.05) is 9.80 Å². The van der Waals surface area contributed by atoms with E-state index in [0.29, 0.717) is 70.2 Å². The molecule has 2 aromatic rings. The second kappa shape index (κ2) is 9.46. The van der Waals surface area contributed by atoms with Gasteiger partial charge in [-0.05, 0) is 19.1 Å². The van der Waals surface area contributed by atoms with Crippen molar-refractivity contribution in [2.45, 2.75) is 6.92 Å². The predicted octanol–water partition coefficient (Wildman–Crippen LogP) is 1.92. The van der Waals surface area contributed by atoms with Gasteiger partial charge in [-0.1, -0.05) is 17.7 Å². The molecule has 0 N–H and O–H groups in total. The van der Waals surface area contributed by atoms with Crippen molar-refractivity contribution in [3.8, 4) is 0 Å². The molecule has 0 unspecified atom stereocenters. The highest BCUT2D eigenvalue weighted by atomic mass is 19.1. The highest BCUT2D eigenvalue weighted by molar-refractivity contribution is 5.58. The molecule has 172 valence electrons. The van der Waals surface area contributed by atoms with Crippen molar-refractivity contribution in [3.05, 3.63) is 35.6 Å². The molecule has 1 aromatic heterocycles. The molecule has 1 aromatic carbocycles. The van der Waals surface area contributed by atoms with Gasteiger partial charge in [-0.2, -0.15) is 14.4 Å². The van der Waals surface area contributed by atoms with Crippen LogP contribution < -0.4 is 19.6 Å². The highest BCUT2D eigenvalue weighted by Crippen LogP contribution is 2.30. The Hall–Kier alpha value is -2.65. The van der Waals surface area contributed by atoms with Crippen molar-refractivity contribution >= 4 is 23.3 Å². The summed E-state index contributed by atoms with van der Waals surface area (Å²) in [6.45, 7) is 10.3. The molecule has 0 aliphatic carbocycles. The van der Waals surface area contributed by atoms with E-state index in [1.165, 1.54) is 11.3 Å². The topological polar surface area (TPSA) is 57.2 Å². The van der Waals surface area contributed by atoms with E-state index in [0.717, 1.165) is 26.2 Å². The van der Waals surface area contributed by atoms with Crippen molar-refractivity contribution in [1.82, 2.24) is 9.97 Å². The Kier molecular flexibility index (Phi) is 6.27. The molecule has 0 bridgehead atoms. The van der Waals surface area contributed by atoms with Crippen LogP contribution in [0.5, 0.6) is 0 Å². The predicted molar refractivity (Wildman–Crippen MR) is 124 cm³/mol. The van der Waals surface area contributed by atoms with Gasteiger partial charge in [0.1, 0.15) is 0 Å². The lowest BCUT2D eigenvalue weighted by molar-refractivity contribution is 0.121. The maximum absolute atomic E-state index is 15.6. The van der Waals surface area contributed by atoms with Crippen LogP contribution in [0.25, 0.3) is 0 Å². The van der Waals surface area contributed by atoms with Crippen LogP contribution in [0.1, 0.15) is 5.56 Å². The summed E-state index contributed by atoms with van der Waals surface area (Å²) in [5, 5.41) is 0. The minimum atomic E-state index is -0.337. The smallest absolute Gasteiger partial charge is 0.229 e. The third kappa shape index (κ3) is 4.45. The molecule has 3 aliphatic rings. The van der Waals surface area contributed by atoms with Gasteiger partial charge in [0.05, 0.1) is 26.4 Å². The monoisotopic (exact) mass is 442 g/mol. The number of aromatic nitrogens is 2. The second-order valence-corrected chi connectivity index (χ2v) is 8.49. The lowest BCUT2D eigenvalue weighted by atomic mass is 10.2.